The highest BCUT2D eigenvalue weighted by Gasteiger charge is 2.00. The normalized spacial score (nSPS) is 7.67. The quantitative estimate of drug-likeness (QED) is 0.509. The van der Waals surface area contributed by atoms with Gasteiger partial charge in [0.1, 0.15) is 0 Å². The van der Waals surface area contributed by atoms with E-state index < -0.39 is 12.0 Å². The summed E-state index contributed by atoms with van der Waals surface area (Å²) >= 11 is 0. The van der Waals surface area contributed by atoms with Crippen molar-refractivity contribution >= 4 is 12.0 Å². The molecule has 0 radical (unpaired) electrons. The van der Waals surface area contributed by atoms with Crippen LogP contribution in [0.4, 0.5) is 4.79 Å². The Morgan fingerprint density at radius 3 is 2.56 bits per heavy atom. The van der Waals surface area contributed by atoms with Crippen molar-refractivity contribution in [2.24, 2.45) is 0 Å². The van der Waals surface area contributed by atoms with E-state index in [4.69, 9.17) is 0 Å². The van der Waals surface area contributed by atoms with Gasteiger partial charge in [-0.25, -0.2) is 4.79 Å². The average molecular weight is 129 g/mol. The van der Waals surface area contributed by atoms with Crippen LogP contribution in [0, 0.1) is 0 Å². The van der Waals surface area contributed by atoms with E-state index in [-0.39, 0.29) is 0 Å². The van der Waals surface area contributed by atoms with Crippen molar-refractivity contribution in [2.45, 2.75) is 0 Å². The maximum absolute atomic E-state index is 10.3. The first-order valence-corrected chi connectivity index (χ1v) is 2.22. The van der Waals surface area contributed by atoms with Gasteiger partial charge in [0.2, 0.25) is 0 Å². The summed E-state index contributed by atoms with van der Waals surface area (Å²) in [5.74, 6) is -0.568. The molecule has 0 spiro atoms. The molecular formula is C5H7NO3. The fourth-order valence-corrected chi connectivity index (χ4v) is 0.203. The molecule has 0 saturated heterocycles. The van der Waals surface area contributed by atoms with E-state index in [0.717, 1.165) is 6.08 Å². The van der Waals surface area contributed by atoms with Crippen LogP contribution in [0.2, 0.25) is 0 Å². The zero-order chi connectivity index (χ0) is 7.28. The molecule has 0 aromatic rings. The van der Waals surface area contributed by atoms with Crippen LogP contribution >= 0.6 is 0 Å². The van der Waals surface area contributed by atoms with Crippen LogP contribution in [0.5, 0.6) is 0 Å². The van der Waals surface area contributed by atoms with Crippen LogP contribution in [0.25, 0.3) is 0 Å². The van der Waals surface area contributed by atoms with Gasteiger partial charge in [-0.2, -0.15) is 0 Å². The lowest BCUT2D eigenvalue weighted by molar-refractivity contribution is -0.115. The lowest BCUT2D eigenvalue weighted by Gasteiger charge is -1.95. The van der Waals surface area contributed by atoms with Crippen molar-refractivity contribution in [1.82, 2.24) is 5.32 Å². The molecule has 50 valence electrons. The molecule has 2 amide bonds. The SMILES string of the molecule is C=CC(=O)NC(=O)OC. The smallest absolute Gasteiger partial charge is 0.413 e. The van der Waals surface area contributed by atoms with E-state index in [1.807, 2.05) is 5.32 Å². The molecule has 0 aliphatic carbocycles. The maximum atomic E-state index is 10.3. The number of methoxy groups -OCH3 is 1. The molecule has 1 N–H and O–H groups in total. The number of alkyl carbamates (subject to hydrolysis) is 1. The molecule has 0 heterocycles. The largest absolute Gasteiger partial charge is 0.453 e. The molecule has 0 aliphatic heterocycles. The summed E-state index contributed by atoms with van der Waals surface area (Å²) in [6.45, 7) is 3.13. The number of hydrogen-bond acceptors (Lipinski definition) is 3. The third-order valence-electron chi connectivity index (χ3n) is 0.596. The Kier molecular flexibility index (Phi) is 3.12. The minimum Gasteiger partial charge on any atom is -0.453 e. The average Bonchev–Trinajstić information content (AvgIpc) is 1.87. The Morgan fingerprint density at radius 1 is 1.67 bits per heavy atom. The van der Waals surface area contributed by atoms with Gasteiger partial charge in [0, 0.05) is 0 Å². The number of hydrogen-bond donors (Lipinski definition) is 1. The molecule has 4 heteroatoms. The molecular weight excluding hydrogens is 122 g/mol. The summed E-state index contributed by atoms with van der Waals surface area (Å²) in [6.07, 6.45) is 0.205. The number of nitrogens with one attached hydrogen (secondary N) is 1. The topological polar surface area (TPSA) is 55.4 Å². The van der Waals surface area contributed by atoms with E-state index in [0.29, 0.717) is 0 Å². The number of carbonyl (C=O) groups is 2. The van der Waals surface area contributed by atoms with Gasteiger partial charge in [-0.15, -0.1) is 0 Å². The number of imide groups is 1. The van der Waals surface area contributed by atoms with Crippen molar-refractivity contribution in [3.05, 3.63) is 12.7 Å². The molecule has 0 saturated carbocycles. The van der Waals surface area contributed by atoms with Crippen LogP contribution in [0.3, 0.4) is 0 Å². The summed E-state index contributed by atoms with van der Waals surface area (Å²) in [5.41, 5.74) is 0. The lowest BCUT2D eigenvalue weighted by Crippen LogP contribution is -2.28. The molecule has 0 unspecified atom stereocenters. The summed E-state index contributed by atoms with van der Waals surface area (Å²) in [4.78, 5) is 20.4. The lowest BCUT2D eigenvalue weighted by atomic mass is 10.6. The second-order valence-electron chi connectivity index (χ2n) is 1.18. The molecule has 0 fully saturated rings. The first kappa shape index (κ1) is 7.68. The van der Waals surface area contributed by atoms with E-state index in [2.05, 4.69) is 11.3 Å². The first-order chi connectivity index (χ1) is 4.20. The maximum Gasteiger partial charge on any atom is 0.413 e. The minimum absolute atomic E-state index is 0.568. The van der Waals surface area contributed by atoms with Crippen LogP contribution in [0.15, 0.2) is 12.7 Å². The van der Waals surface area contributed by atoms with E-state index >= 15 is 0 Å². The highest BCUT2D eigenvalue weighted by atomic mass is 16.5. The fourth-order valence-electron chi connectivity index (χ4n) is 0.203. The molecule has 0 rings (SSSR count). The van der Waals surface area contributed by atoms with Crippen molar-refractivity contribution in [1.29, 1.82) is 0 Å². The van der Waals surface area contributed by atoms with E-state index in [1.165, 1.54) is 7.11 Å². The van der Waals surface area contributed by atoms with Crippen LogP contribution in [-0.2, 0) is 9.53 Å². The van der Waals surface area contributed by atoms with Gasteiger partial charge in [-0.3, -0.25) is 10.1 Å². The molecule has 9 heavy (non-hydrogen) atoms. The van der Waals surface area contributed by atoms with Crippen molar-refractivity contribution in [3.8, 4) is 0 Å². The number of carbonyl (C=O) groups excluding carboxylic acids is 2. The predicted octanol–water partition coefficient (Wildman–Crippen LogP) is 0.0550. The fraction of sp³-hybridized carbons (Fsp3) is 0.200. The Hall–Kier alpha value is -1.32. The predicted molar refractivity (Wildman–Crippen MR) is 30.7 cm³/mol. The summed E-state index contributed by atoms with van der Waals surface area (Å²) in [5, 5.41) is 1.86. The van der Waals surface area contributed by atoms with E-state index in [1.54, 1.807) is 0 Å². The Labute approximate surface area is 52.5 Å². The van der Waals surface area contributed by atoms with Crippen LogP contribution < -0.4 is 5.32 Å². The molecule has 4 nitrogen and oxygen atoms in total. The van der Waals surface area contributed by atoms with Gasteiger partial charge in [0.05, 0.1) is 7.11 Å². The number of ether oxygens (including phenoxy) is 1. The Balaban J connectivity index is 3.59. The molecule has 0 aliphatic rings. The van der Waals surface area contributed by atoms with Crippen molar-refractivity contribution < 1.29 is 14.3 Å². The summed E-state index contributed by atoms with van der Waals surface area (Å²) < 4.78 is 4.10. The Morgan fingerprint density at radius 2 is 2.22 bits per heavy atom. The number of rotatable bonds is 1. The molecule has 0 aromatic heterocycles. The monoisotopic (exact) mass is 129 g/mol. The van der Waals surface area contributed by atoms with Gasteiger partial charge in [0.15, 0.2) is 0 Å². The Bertz CT molecular complexity index is 141. The van der Waals surface area contributed by atoms with Crippen LogP contribution in [0.1, 0.15) is 0 Å². The molecule has 0 bridgehead atoms. The van der Waals surface area contributed by atoms with E-state index in [9.17, 15) is 9.59 Å². The standard InChI is InChI=1S/C5H7NO3/c1-3-4(7)6-5(8)9-2/h3H,1H2,2H3,(H,6,7,8). The third kappa shape index (κ3) is 3.28. The highest BCUT2D eigenvalue weighted by molar-refractivity contribution is 5.98. The molecule has 0 atom stereocenters. The van der Waals surface area contributed by atoms with Gasteiger partial charge in [-0.1, -0.05) is 6.58 Å². The first-order valence-electron chi connectivity index (χ1n) is 2.22. The summed E-state index contributed by atoms with van der Waals surface area (Å²) in [6, 6.07) is 0. The zero-order valence-corrected chi connectivity index (χ0v) is 5.01. The summed E-state index contributed by atoms with van der Waals surface area (Å²) in [7, 11) is 1.17. The zero-order valence-electron chi connectivity index (χ0n) is 5.01. The van der Waals surface area contributed by atoms with Gasteiger partial charge < -0.3 is 4.74 Å². The van der Waals surface area contributed by atoms with Gasteiger partial charge >= 0.3 is 6.09 Å². The molecule has 0 aromatic carbocycles. The van der Waals surface area contributed by atoms with Crippen molar-refractivity contribution in [2.75, 3.05) is 7.11 Å². The van der Waals surface area contributed by atoms with Crippen LogP contribution in [-0.4, -0.2) is 19.1 Å². The third-order valence-corrected chi connectivity index (χ3v) is 0.596. The second kappa shape index (κ2) is 3.65. The highest BCUT2D eigenvalue weighted by Crippen LogP contribution is 1.71. The minimum atomic E-state index is -0.778. The van der Waals surface area contributed by atoms with Gasteiger partial charge in [-0.05, 0) is 6.08 Å². The van der Waals surface area contributed by atoms with Crippen molar-refractivity contribution in [3.63, 3.8) is 0 Å². The number of amides is 2. The second-order valence-corrected chi connectivity index (χ2v) is 1.18. The van der Waals surface area contributed by atoms with Gasteiger partial charge in [0.25, 0.3) is 5.91 Å².